The van der Waals surface area contributed by atoms with E-state index >= 15 is 0 Å². The van der Waals surface area contributed by atoms with E-state index < -0.39 is 0 Å². The van der Waals surface area contributed by atoms with Gasteiger partial charge in [-0.15, -0.1) is 0 Å². The predicted octanol–water partition coefficient (Wildman–Crippen LogP) is 3.69. The largest absolute Gasteiger partial charge is 0.496 e. The standard InChI is InChI=1S/C18H24N2O/c1-14(2)20(12-15-7-5-4-6-8-15)13-16-11-17(19)9-10-18(16)21-3/h4-11,14H,12-13,19H2,1-3H3. The van der Waals surface area contributed by atoms with Crippen molar-refractivity contribution in [2.75, 3.05) is 12.8 Å². The van der Waals surface area contributed by atoms with Crippen LogP contribution in [0.1, 0.15) is 25.0 Å². The van der Waals surface area contributed by atoms with Crippen LogP contribution in [0.2, 0.25) is 0 Å². The Morgan fingerprint density at radius 2 is 1.76 bits per heavy atom. The summed E-state index contributed by atoms with van der Waals surface area (Å²) in [7, 11) is 1.70. The molecule has 0 fully saturated rings. The number of hydrogen-bond acceptors (Lipinski definition) is 3. The quantitative estimate of drug-likeness (QED) is 0.822. The van der Waals surface area contributed by atoms with Crippen molar-refractivity contribution in [1.82, 2.24) is 4.90 Å². The average Bonchev–Trinajstić information content (AvgIpc) is 2.48. The average molecular weight is 284 g/mol. The Morgan fingerprint density at radius 3 is 2.38 bits per heavy atom. The number of rotatable bonds is 6. The van der Waals surface area contributed by atoms with E-state index in [2.05, 4.69) is 43.0 Å². The molecule has 3 heteroatoms. The molecule has 2 rings (SSSR count). The smallest absolute Gasteiger partial charge is 0.123 e. The first-order chi connectivity index (χ1) is 10.1. The number of methoxy groups -OCH3 is 1. The van der Waals surface area contributed by atoms with Crippen LogP contribution in [0.15, 0.2) is 48.5 Å². The van der Waals surface area contributed by atoms with Crippen LogP contribution in [-0.2, 0) is 13.1 Å². The molecule has 0 aliphatic heterocycles. The number of nitrogen functional groups attached to an aromatic ring is 1. The molecule has 0 aromatic heterocycles. The Labute approximate surface area is 127 Å². The molecule has 0 bridgehead atoms. The molecule has 0 radical (unpaired) electrons. The highest BCUT2D eigenvalue weighted by Gasteiger charge is 2.14. The summed E-state index contributed by atoms with van der Waals surface area (Å²) in [4.78, 5) is 2.41. The summed E-state index contributed by atoms with van der Waals surface area (Å²) < 4.78 is 5.45. The van der Waals surface area contributed by atoms with Crippen molar-refractivity contribution in [3.8, 4) is 5.75 Å². The van der Waals surface area contributed by atoms with Gasteiger partial charge in [0.1, 0.15) is 5.75 Å². The SMILES string of the molecule is COc1ccc(N)cc1CN(Cc1ccccc1)C(C)C. The second kappa shape index (κ2) is 7.14. The van der Waals surface area contributed by atoms with Gasteiger partial charge in [0.05, 0.1) is 7.11 Å². The van der Waals surface area contributed by atoms with Gasteiger partial charge in [-0.05, 0) is 37.6 Å². The highest BCUT2D eigenvalue weighted by molar-refractivity contribution is 5.47. The maximum Gasteiger partial charge on any atom is 0.123 e. The molecule has 3 nitrogen and oxygen atoms in total. The lowest BCUT2D eigenvalue weighted by molar-refractivity contribution is 0.201. The second-order valence-corrected chi connectivity index (χ2v) is 5.56. The molecular formula is C18H24N2O. The fourth-order valence-corrected chi connectivity index (χ4v) is 2.38. The maximum absolute atomic E-state index is 5.91. The number of benzene rings is 2. The molecule has 0 unspecified atom stereocenters. The number of nitrogens with zero attached hydrogens (tertiary/aromatic N) is 1. The van der Waals surface area contributed by atoms with E-state index in [9.17, 15) is 0 Å². The van der Waals surface area contributed by atoms with E-state index in [4.69, 9.17) is 10.5 Å². The first kappa shape index (κ1) is 15.4. The highest BCUT2D eigenvalue weighted by atomic mass is 16.5. The van der Waals surface area contributed by atoms with Crippen LogP contribution >= 0.6 is 0 Å². The zero-order valence-electron chi connectivity index (χ0n) is 13.0. The number of nitrogens with two attached hydrogens (primary N) is 1. The summed E-state index contributed by atoms with van der Waals surface area (Å²) in [5.41, 5.74) is 9.13. The van der Waals surface area contributed by atoms with Crippen molar-refractivity contribution in [3.63, 3.8) is 0 Å². The van der Waals surface area contributed by atoms with Gasteiger partial charge in [0.25, 0.3) is 0 Å². The van der Waals surface area contributed by atoms with Crippen molar-refractivity contribution in [1.29, 1.82) is 0 Å². The molecule has 0 aliphatic rings. The first-order valence-corrected chi connectivity index (χ1v) is 7.30. The van der Waals surface area contributed by atoms with Crippen molar-refractivity contribution in [3.05, 3.63) is 59.7 Å². The molecule has 0 saturated heterocycles. The third kappa shape index (κ3) is 4.23. The molecule has 112 valence electrons. The number of anilines is 1. The lowest BCUT2D eigenvalue weighted by Gasteiger charge is -2.27. The lowest BCUT2D eigenvalue weighted by Crippen LogP contribution is -2.30. The van der Waals surface area contributed by atoms with Crippen molar-refractivity contribution < 1.29 is 4.74 Å². The van der Waals surface area contributed by atoms with Gasteiger partial charge in [-0.1, -0.05) is 30.3 Å². The molecule has 0 atom stereocenters. The molecule has 0 spiro atoms. The van der Waals surface area contributed by atoms with Gasteiger partial charge in [0, 0.05) is 30.4 Å². The van der Waals surface area contributed by atoms with Gasteiger partial charge >= 0.3 is 0 Å². The van der Waals surface area contributed by atoms with Crippen LogP contribution < -0.4 is 10.5 Å². The molecule has 0 amide bonds. The van der Waals surface area contributed by atoms with Gasteiger partial charge in [0.2, 0.25) is 0 Å². The fraction of sp³-hybridized carbons (Fsp3) is 0.333. The zero-order valence-corrected chi connectivity index (χ0v) is 13.0. The minimum atomic E-state index is 0.441. The van der Waals surface area contributed by atoms with Crippen molar-refractivity contribution in [2.24, 2.45) is 0 Å². The van der Waals surface area contributed by atoms with E-state index in [-0.39, 0.29) is 0 Å². The monoisotopic (exact) mass is 284 g/mol. The van der Waals surface area contributed by atoms with E-state index in [1.807, 2.05) is 24.3 Å². The molecule has 21 heavy (non-hydrogen) atoms. The van der Waals surface area contributed by atoms with Crippen LogP contribution in [0.3, 0.4) is 0 Å². The zero-order chi connectivity index (χ0) is 15.2. The lowest BCUT2D eigenvalue weighted by atomic mass is 10.1. The third-order valence-electron chi connectivity index (χ3n) is 3.64. The Morgan fingerprint density at radius 1 is 1.05 bits per heavy atom. The topological polar surface area (TPSA) is 38.5 Å². The first-order valence-electron chi connectivity index (χ1n) is 7.30. The van der Waals surface area contributed by atoms with Gasteiger partial charge < -0.3 is 10.5 Å². The third-order valence-corrected chi connectivity index (χ3v) is 3.64. The highest BCUT2D eigenvalue weighted by Crippen LogP contribution is 2.24. The van der Waals surface area contributed by atoms with Crippen LogP contribution in [0.5, 0.6) is 5.75 Å². The van der Waals surface area contributed by atoms with Crippen molar-refractivity contribution >= 4 is 5.69 Å². The Balaban J connectivity index is 2.18. The van der Waals surface area contributed by atoms with E-state index in [1.54, 1.807) is 7.11 Å². The van der Waals surface area contributed by atoms with Gasteiger partial charge in [-0.2, -0.15) is 0 Å². The minimum absolute atomic E-state index is 0.441. The Hall–Kier alpha value is -2.00. The summed E-state index contributed by atoms with van der Waals surface area (Å²) in [6.07, 6.45) is 0. The normalized spacial score (nSPS) is 11.1. The molecule has 2 N–H and O–H groups in total. The Bertz CT molecular complexity index is 567. The maximum atomic E-state index is 5.91. The molecule has 0 aliphatic carbocycles. The summed E-state index contributed by atoms with van der Waals surface area (Å²) in [6.45, 7) is 6.15. The fourth-order valence-electron chi connectivity index (χ4n) is 2.38. The summed E-state index contributed by atoms with van der Waals surface area (Å²) in [6, 6.07) is 16.8. The van der Waals surface area contributed by atoms with Gasteiger partial charge in [0.15, 0.2) is 0 Å². The van der Waals surface area contributed by atoms with E-state index in [0.29, 0.717) is 6.04 Å². The van der Waals surface area contributed by atoms with Crippen LogP contribution in [-0.4, -0.2) is 18.1 Å². The molecular weight excluding hydrogens is 260 g/mol. The minimum Gasteiger partial charge on any atom is -0.496 e. The predicted molar refractivity (Wildman–Crippen MR) is 88.2 cm³/mol. The van der Waals surface area contributed by atoms with Crippen molar-refractivity contribution in [2.45, 2.75) is 33.0 Å². The summed E-state index contributed by atoms with van der Waals surface area (Å²) in [5, 5.41) is 0. The van der Waals surface area contributed by atoms with Crippen LogP contribution in [0.4, 0.5) is 5.69 Å². The van der Waals surface area contributed by atoms with E-state index in [1.165, 1.54) is 5.56 Å². The number of ether oxygens (including phenoxy) is 1. The number of hydrogen-bond donors (Lipinski definition) is 1. The Kier molecular flexibility index (Phi) is 5.23. The van der Waals surface area contributed by atoms with Gasteiger partial charge in [-0.25, -0.2) is 0 Å². The van der Waals surface area contributed by atoms with E-state index in [0.717, 1.165) is 30.1 Å². The molecule has 2 aromatic carbocycles. The molecule has 2 aromatic rings. The molecule has 0 saturated carbocycles. The second-order valence-electron chi connectivity index (χ2n) is 5.56. The summed E-state index contributed by atoms with van der Waals surface area (Å²) >= 11 is 0. The van der Waals surface area contributed by atoms with Crippen LogP contribution in [0, 0.1) is 0 Å². The van der Waals surface area contributed by atoms with Crippen LogP contribution in [0.25, 0.3) is 0 Å². The summed E-state index contributed by atoms with van der Waals surface area (Å²) in [5.74, 6) is 0.892. The molecule has 0 heterocycles. The van der Waals surface area contributed by atoms with Gasteiger partial charge in [-0.3, -0.25) is 4.90 Å².